The van der Waals surface area contributed by atoms with Crippen LogP contribution in [0.3, 0.4) is 0 Å². The topological polar surface area (TPSA) is 47.3 Å². The van der Waals surface area contributed by atoms with Crippen molar-refractivity contribution in [2.45, 2.75) is 19.1 Å². The molecule has 0 aromatic carbocycles. The molecule has 0 amide bonds. The second kappa shape index (κ2) is 5.21. The van der Waals surface area contributed by atoms with Crippen LogP contribution >= 0.6 is 0 Å². The molecule has 0 rings (SSSR count). The van der Waals surface area contributed by atoms with Crippen molar-refractivity contribution in [1.82, 2.24) is 5.43 Å². The zero-order valence-electron chi connectivity index (χ0n) is 7.32. The number of ether oxygens (including phenoxy) is 1. The van der Waals surface area contributed by atoms with Gasteiger partial charge in [-0.25, -0.2) is 0 Å². The monoisotopic (exact) mass is 198 g/mol. The molecule has 0 saturated heterocycles. The van der Waals surface area contributed by atoms with E-state index in [0.717, 1.165) is 0 Å². The number of hydrogen-bond donors (Lipinski definition) is 2. The van der Waals surface area contributed by atoms with Gasteiger partial charge in [0.05, 0.1) is 12.6 Å². The Morgan fingerprint density at radius 1 is 1.62 bits per heavy atom. The van der Waals surface area contributed by atoms with Crippen LogP contribution in [0.25, 0.3) is 0 Å². The summed E-state index contributed by atoms with van der Waals surface area (Å²) < 4.78 is 39.2. The smallest absolute Gasteiger partial charge is 0.370 e. The van der Waals surface area contributed by atoms with Crippen LogP contribution in [-0.4, -0.2) is 25.4 Å². The highest BCUT2D eigenvalue weighted by molar-refractivity contribution is 5.00. The van der Waals surface area contributed by atoms with Gasteiger partial charge in [0, 0.05) is 0 Å². The molecule has 0 aliphatic heterocycles. The zero-order valence-corrected chi connectivity index (χ0v) is 7.32. The molecule has 0 aromatic rings. The number of alkyl halides is 3. The van der Waals surface area contributed by atoms with Crippen LogP contribution in [0.15, 0.2) is 12.2 Å². The molecular weight excluding hydrogens is 185 g/mol. The van der Waals surface area contributed by atoms with Gasteiger partial charge in [-0.1, -0.05) is 12.2 Å². The quantitative estimate of drug-likeness (QED) is 0.393. The predicted octanol–water partition coefficient (Wildman–Crippen LogP) is 0.973. The third-order valence-corrected chi connectivity index (χ3v) is 1.35. The van der Waals surface area contributed by atoms with Crippen molar-refractivity contribution in [2.75, 3.05) is 13.2 Å². The lowest BCUT2D eigenvalue weighted by Gasteiger charge is -2.16. The molecule has 0 radical (unpaired) electrons. The lowest BCUT2D eigenvalue weighted by molar-refractivity contribution is -0.174. The molecule has 6 heteroatoms. The van der Waals surface area contributed by atoms with E-state index in [1.807, 2.05) is 0 Å². The highest BCUT2D eigenvalue weighted by atomic mass is 19.4. The van der Waals surface area contributed by atoms with Gasteiger partial charge in [-0.05, 0) is 6.92 Å². The van der Waals surface area contributed by atoms with Crippen molar-refractivity contribution in [1.29, 1.82) is 0 Å². The van der Waals surface area contributed by atoms with Crippen molar-refractivity contribution < 1.29 is 17.9 Å². The van der Waals surface area contributed by atoms with Crippen molar-refractivity contribution >= 4 is 0 Å². The first kappa shape index (κ1) is 12.4. The zero-order chi connectivity index (χ0) is 10.5. The van der Waals surface area contributed by atoms with Gasteiger partial charge in [0.15, 0.2) is 0 Å². The van der Waals surface area contributed by atoms with Crippen molar-refractivity contribution in [3.8, 4) is 0 Å². The second-order valence-electron chi connectivity index (χ2n) is 2.70. The molecule has 0 aliphatic carbocycles. The average Bonchev–Trinajstić information content (AvgIpc) is 1.95. The fourth-order valence-corrected chi connectivity index (χ4v) is 0.625. The maximum Gasteiger partial charge on any atom is 0.411 e. The van der Waals surface area contributed by atoms with Gasteiger partial charge >= 0.3 is 6.18 Å². The van der Waals surface area contributed by atoms with E-state index in [2.05, 4.69) is 16.7 Å². The minimum absolute atomic E-state index is 0.134. The van der Waals surface area contributed by atoms with E-state index in [0.29, 0.717) is 5.57 Å². The Morgan fingerprint density at radius 2 is 2.15 bits per heavy atom. The van der Waals surface area contributed by atoms with E-state index in [9.17, 15) is 13.2 Å². The van der Waals surface area contributed by atoms with Gasteiger partial charge in [-0.3, -0.25) is 11.3 Å². The van der Waals surface area contributed by atoms with Gasteiger partial charge in [-0.15, -0.1) is 0 Å². The number of rotatable bonds is 5. The first-order chi connectivity index (χ1) is 5.87. The molecule has 1 atom stereocenters. The molecule has 0 bridgehead atoms. The number of hydrogen-bond acceptors (Lipinski definition) is 3. The van der Waals surface area contributed by atoms with Crippen LogP contribution in [0.2, 0.25) is 0 Å². The molecule has 0 aliphatic rings. The summed E-state index contributed by atoms with van der Waals surface area (Å²) in [4.78, 5) is 0. The van der Waals surface area contributed by atoms with Gasteiger partial charge in [-0.2, -0.15) is 13.2 Å². The van der Waals surface area contributed by atoms with Crippen molar-refractivity contribution in [2.24, 2.45) is 5.84 Å². The Bertz CT molecular complexity index is 170. The molecule has 78 valence electrons. The predicted molar refractivity (Wildman–Crippen MR) is 42.8 cm³/mol. The van der Waals surface area contributed by atoms with Crippen LogP contribution in [-0.2, 0) is 4.74 Å². The van der Waals surface area contributed by atoms with E-state index in [-0.39, 0.29) is 6.61 Å². The molecule has 0 aromatic heterocycles. The van der Waals surface area contributed by atoms with Crippen LogP contribution in [0.4, 0.5) is 13.2 Å². The summed E-state index contributed by atoms with van der Waals surface area (Å²) in [5, 5.41) is 0. The van der Waals surface area contributed by atoms with E-state index < -0.39 is 18.8 Å². The molecule has 0 saturated carbocycles. The average molecular weight is 198 g/mol. The number of nitrogens with two attached hydrogens (primary N) is 1. The third-order valence-electron chi connectivity index (χ3n) is 1.35. The standard InChI is InChI=1S/C7H13F3N2O/c1-5(2)6(12-11)3-13-4-7(8,9)10/h6,12H,1,3-4,11H2,2H3. The SMILES string of the molecule is C=C(C)C(COCC(F)(F)F)NN. The Balaban J connectivity index is 3.68. The van der Waals surface area contributed by atoms with Crippen LogP contribution in [0.1, 0.15) is 6.92 Å². The largest absolute Gasteiger partial charge is 0.411 e. The lowest BCUT2D eigenvalue weighted by atomic mass is 10.2. The fourth-order valence-electron chi connectivity index (χ4n) is 0.625. The molecule has 3 nitrogen and oxygen atoms in total. The highest BCUT2D eigenvalue weighted by Crippen LogP contribution is 2.14. The molecule has 0 heterocycles. The Hall–Kier alpha value is -0.590. The van der Waals surface area contributed by atoms with Crippen molar-refractivity contribution in [3.63, 3.8) is 0 Å². The van der Waals surface area contributed by atoms with E-state index >= 15 is 0 Å². The normalized spacial score (nSPS) is 14.2. The van der Waals surface area contributed by atoms with E-state index in [4.69, 9.17) is 5.84 Å². The number of halogens is 3. The Labute approximate surface area is 74.7 Å². The van der Waals surface area contributed by atoms with Gasteiger partial charge in [0.25, 0.3) is 0 Å². The molecule has 0 spiro atoms. The van der Waals surface area contributed by atoms with Gasteiger partial charge in [0.1, 0.15) is 6.61 Å². The maximum atomic E-state index is 11.6. The van der Waals surface area contributed by atoms with Gasteiger partial charge in [0.2, 0.25) is 0 Å². The first-order valence-corrected chi connectivity index (χ1v) is 3.63. The lowest BCUT2D eigenvalue weighted by Crippen LogP contribution is -2.40. The summed E-state index contributed by atoms with van der Waals surface area (Å²) in [6.07, 6.45) is -4.30. The van der Waals surface area contributed by atoms with Crippen molar-refractivity contribution in [3.05, 3.63) is 12.2 Å². The summed E-state index contributed by atoms with van der Waals surface area (Å²) in [6, 6.07) is -0.442. The molecular formula is C7H13F3N2O. The van der Waals surface area contributed by atoms with Crippen LogP contribution in [0.5, 0.6) is 0 Å². The Morgan fingerprint density at radius 3 is 2.46 bits per heavy atom. The summed E-state index contributed by atoms with van der Waals surface area (Å²) >= 11 is 0. The van der Waals surface area contributed by atoms with Crippen LogP contribution in [0, 0.1) is 0 Å². The van der Waals surface area contributed by atoms with Gasteiger partial charge < -0.3 is 4.74 Å². The summed E-state index contributed by atoms with van der Waals surface area (Å²) in [5.74, 6) is 5.05. The second-order valence-corrected chi connectivity index (χ2v) is 2.70. The fraction of sp³-hybridized carbons (Fsp3) is 0.714. The number of hydrazine groups is 1. The highest BCUT2D eigenvalue weighted by Gasteiger charge is 2.27. The summed E-state index contributed by atoms with van der Waals surface area (Å²) in [7, 11) is 0. The van der Waals surface area contributed by atoms with E-state index in [1.165, 1.54) is 0 Å². The first-order valence-electron chi connectivity index (χ1n) is 3.63. The third kappa shape index (κ3) is 6.56. The summed E-state index contributed by atoms with van der Waals surface area (Å²) in [5.41, 5.74) is 2.93. The van der Waals surface area contributed by atoms with E-state index in [1.54, 1.807) is 6.92 Å². The summed E-state index contributed by atoms with van der Waals surface area (Å²) in [6.45, 7) is 3.79. The Kier molecular flexibility index (Phi) is 4.97. The minimum atomic E-state index is -4.30. The number of nitrogens with one attached hydrogen (secondary N) is 1. The molecule has 3 N–H and O–H groups in total. The maximum absolute atomic E-state index is 11.6. The molecule has 13 heavy (non-hydrogen) atoms. The minimum Gasteiger partial charge on any atom is -0.370 e. The van der Waals surface area contributed by atoms with Crippen LogP contribution < -0.4 is 11.3 Å². The molecule has 1 unspecified atom stereocenters. The molecule has 0 fully saturated rings.